The lowest BCUT2D eigenvalue weighted by Gasteiger charge is -2.25. The molecule has 0 atom stereocenters. The Kier molecular flexibility index (Phi) is 2.18. The Hall–Kier alpha value is -1.51. The minimum atomic E-state index is -0.287. The van der Waals surface area contributed by atoms with Crippen molar-refractivity contribution < 1.29 is 4.79 Å². The molecular weight excluding hydrogens is 188 g/mol. The van der Waals surface area contributed by atoms with Crippen LogP contribution in [-0.4, -0.2) is 24.5 Å². The molecule has 0 saturated carbocycles. The molecule has 1 saturated heterocycles. The zero-order chi connectivity index (χ0) is 11.1. The van der Waals surface area contributed by atoms with Crippen molar-refractivity contribution in [1.82, 2.24) is 5.01 Å². The summed E-state index contributed by atoms with van der Waals surface area (Å²) >= 11 is 0. The molecule has 3 nitrogen and oxygen atoms in total. The molecule has 1 fully saturated rings. The molecule has 0 spiro atoms. The highest BCUT2D eigenvalue weighted by Crippen LogP contribution is 2.31. The summed E-state index contributed by atoms with van der Waals surface area (Å²) < 4.78 is 0. The van der Waals surface area contributed by atoms with Gasteiger partial charge in [0, 0.05) is 7.05 Å². The van der Waals surface area contributed by atoms with Gasteiger partial charge in [-0.3, -0.25) is 14.8 Å². The molecule has 1 aromatic rings. The monoisotopic (exact) mass is 204 g/mol. The second kappa shape index (κ2) is 3.26. The van der Waals surface area contributed by atoms with Crippen molar-refractivity contribution in [3.05, 3.63) is 30.3 Å². The highest BCUT2D eigenvalue weighted by Gasteiger charge is 2.42. The molecule has 0 N–H and O–H groups in total. The molecule has 80 valence electrons. The van der Waals surface area contributed by atoms with E-state index in [1.54, 1.807) is 5.01 Å². The normalized spacial score (nSPS) is 19.8. The van der Waals surface area contributed by atoms with Crippen LogP contribution < -0.4 is 5.01 Å². The number of nitrogens with zero attached hydrogens (tertiary/aromatic N) is 2. The molecule has 1 heterocycles. The number of rotatable bonds is 1. The molecule has 1 aromatic carbocycles. The molecule has 3 heteroatoms. The number of carbonyl (C=O) groups is 1. The van der Waals surface area contributed by atoms with Crippen LogP contribution in [0.25, 0.3) is 0 Å². The van der Waals surface area contributed by atoms with E-state index in [9.17, 15) is 4.79 Å². The van der Waals surface area contributed by atoms with Crippen LogP contribution in [-0.2, 0) is 4.79 Å². The summed E-state index contributed by atoms with van der Waals surface area (Å²) in [5, 5.41) is 3.72. The van der Waals surface area contributed by atoms with Crippen molar-refractivity contribution in [2.45, 2.75) is 13.8 Å². The third-order valence-electron chi connectivity index (χ3n) is 2.83. The number of hydrogen-bond donors (Lipinski definition) is 0. The highest BCUT2D eigenvalue weighted by molar-refractivity contribution is 5.87. The van der Waals surface area contributed by atoms with Crippen LogP contribution in [0.2, 0.25) is 0 Å². The van der Waals surface area contributed by atoms with Gasteiger partial charge in [-0.2, -0.15) is 0 Å². The Morgan fingerprint density at radius 2 is 1.80 bits per heavy atom. The average molecular weight is 204 g/mol. The average Bonchev–Trinajstić information content (AvgIpc) is 2.44. The molecule has 1 aliphatic heterocycles. The van der Waals surface area contributed by atoms with Crippen LogP contribution in [0.4, 0.5) is 5.69 Å². The predicted octanol–water partition coefficient (Wildman–Crippen LogP) is 1.91. The zero-order valence-corrected chi connectivity index (χ0v) is 9.40. The third kappa shape index (κ3) is 1.58. The van der Waals surface area contributed by atoms with E-state index < -0.39 is 0 Å². The number of benzene rings is 1. The van der Waals surface area contributed by atoms with Crippen molar-refractivity contribution in [1.29, 1.82) is 0 Å². The number of carbonyl (C=O) groups excluding carboxylic acids is 1. The lowest BCUT2D eigenvalue weighted by Crippen LogP contribution is -2.35. The zero-order valence-electron chi connectivity index (χ0n) is 9.40. The van der Waals surface area contributed by atoms with Crippen LogP contribution >= 0.6 is 0 Å². The van der Waals surface area contributed by atoms with E-state index in [-0.39, 0.29) is 11.3 Å². The maximum Gasteiger partial charge on any atom is 0.248 e. The van der Waals surface area contributed by atoms with Gasteiger partial charge in [0.2, 0.25) is 5.91 Å². The first-order valence-corrected chi connectivity index (χ1v) is 5.13. The summed E-state index contributed by atoms with van der Waals surface area (Å²) in [4.78, 5) is 11.9. The first kappa shape index (κ1) is 10.0. The maximum atomic E-state index is 11.9. The SMILES string of the molecule is CN1C(=O)C(C)(C)CN1c1ccccc1. The maximum absolute atomic E-state index is 11.9. The molecule has 15 heavy (non-hydrogen) atoms. The highest BCUT2D eigenvalue weighted by atomic mass is 16.2. The number of amides is 1. The van der Waals surface area contributed by atoms with Crippen LogP contribution in [0.1, 0.15) is 13.8 Å². The second-order valence-electron chi connectivity index (χ2n) is 4.61. The van der Waals surface area contributed by atoms with Gasteiger partial charge in [0.25, 0.3) is 0 Å². The molecule has 0 radical (unpaired) electrons. The van der Waals surface area contributed by atoms with E-state index >= 15 is 0 Å². The molecule has 0 unspecified atom stereocenters. The summed E-state index contributed by atoms with van der Waals surface area (Å²) in [5.74, 6) is 0.173. The molecule has 1 aliphatic rings. The van der Waals surface area contributed by atoms with Crippen molar-refractivity contribution in [2.75, 3.05) is 18.6 Å². The van der Waals surface area contributed by atoms with Gasteiger partial charge in [-0.15, -0.1) is 0 Å². The fraction of sp³-hybridized carbons (Fsp3) is 0.417. The molecule has 0 aliphatic carbocycles. The van der Waals surface area contributed by atoms with Crippen LogP contribution in [0.5, 0.6) is 0 Å². The minimum absolute atomic E-state index is 0.173. The van der Waals surface area contributed by atoms with Crippen molar-refractivity contribution in [2.24, 2.45) is 5.41 Å². The Balaban J connectivity index is 2.31. The summed E-state index contributed by atoms with van der Waals surface area (Å²) in [6.07, 6.45) is 0. The first-order valence-electron chi connectivity index (χ1n) is 5.13. The van der Waals surface area contributed by atoms with Gasteiger partial charge in [0.1, 0.15) is 0 Å². The standard InChI is InChI=1S/C12H16N2O/c1-12(2)9-14(13(3)11(12)15)10-7-5-4-6-8-10/h4-8H,9H2,1-3H3. The van der Waals surface area contributed by atoms with Crippen molar-refractivity contribution in [3.63, 3.8) is 0 Å². The number of hydrogen-bond acceptors (Lipinski definition) is 2. The molecule has 2 rings (SSSR count). The summed E-state index contributed by atoms with van der Waals surface area (Å²) in [7, 11) is 1.82. The smallest absolute Gasteiger partial charge is 0.248 e. The van der Waals surface area contributed by atoms with Gasteiger partial charge in [0.05, 0.1) is 17.6 Å². The van der Waals surface area contributed by atoms with E-state index in [4.69, 9.17) is 0 Å². The lowest BCUT2D eigenvalue weighted by atomic mass is 9.94. The summed E-state index contributed by atoms with van der Waals surface area (Å²) in [6, 6.07) is 9.99. The van der Waals surface area contributed by atoms with E-state index in [1.165, 1.54) is 0 Å². The van der Waals surface area contributed by atoms with E-state index in [1.807, 2.05) is 56.2 Å². The third-order valence-corrected chi connectivity index (χ3v) is 2.83. The van der Waals surface area contributed by atoms with Crippen LogP contribution in [0, 0.1) is 5.41 Å². The fourth-order valence-corrected chi connectivity index (χ4v) is 1.96. The molecule has 1 amide bonds. The Morgan fingerprint density at radius 3 is 2.27 bits per heavy atom. The molecule has 0 bridgehead atoms. The van der Waals surface area contributed by atoms with Gasteiger partial charge in [-0.25, -0.2) is 0 Å². The largest absolute Gasteiger partial charge is 0.282 e. The Labute approximate surface area is 90.3 Å². The van der Waals surface area contributed by atoms with Gasteiger partial charge in [0.15, 0.2) is 0 Å². The second-order valence-corrected chi connectivity index (χ2v) is 4.61. The predicted molar refractivity (Wildman–Crippen MR) is 60.3 cm³/mol. The fourth-order valence-electron chi connectivity index (χ4n) is 1.96. The first-order chi connectivity index (χ1) is 7.02. The molecule has 0 aromatic heterocycles. The number of hydrazine groups is 1. The topological polar surface area (TPSA) is 23.6 Å². The lowest BCUT2D eigenvalue weighted by molar-refractivity contribution is -0.133. The van der Waals surface area contributed by atoms with E-state index in [0.29, 0.717) is 0 Å². The minimum Gasteiger partial charge on any atom is -0.282 e. The molecular formula is C12H16N2O. The summed E-state index contributed by atoms with van der Waals surface area (Å²) in [6.45, 7) is 4.70. The number of para-hydroxylation sites is 1. The van der Waals surface area contributed by atoms with Crippen molar-refractivity contribution in [3.8, 4) is 0 Å². The summed E-state index contributed by atoms with van der Waals surface area (Å²) in [5.41, 5.74) is 0.781. The van der Waals surface area contributed by atoms with E-state index in [2.05, 4.69) is 0 Å². The van der Waals surface area contributed by atoms with Gasteiger partial charge >= 0.3 is 0 Å². The van der Waals surface area contributed by atoms with Crippen LogP contribution in [0.3, 0.4) is 0 Å². The van der Waals surface area contributed by atoms with Gasteiger partial charge in [-0.05, 0) is 26.0 Å². The van der Waals surface area contributed by atoms with E-state index in [0.717, 1.165) is 12.2 Å². The Morgan fingerprint density at radius 1 is 1.20 bits per heavy atom. The quantitative estimate of drug-likeness (QED) is 0.697. The van der Waals surface area contributed by atoms with Gasteiger partial charge < -0.3 is 0 Å². The Bertz CT molecular complexity index is 372. The van der Waals surface area contributed by atoms with Crippen LogP contribution in [0.15, 0.2) is 30.3 Å². The number of anilines is 1. The van der Waals surface area contributed by atoms with Gasteiger partial charge in [-0.1, -0.05) is 18.2 Å². The van der Waals surface area contributed by atoms with Crippen molar-refractivity contribution >= 4 is 11.6 Å².